The SMILES string of the molecule is NC(=O)NC1(c2ccc(Cl)cc2Cl)CC1. The van der Waals surface area contributed by atoms with E-state index in [1.54, 1.807) is 12.1 Å². The molecule has 0 atom stereocenters. The number of primary amides is 1. The molecule has 1 aliphatic rings. The van der Waals surface area contributed by atoms with Crippen LogP contribution in [0.3, 0.4) is 0 Å². The molecule has 15 heavy (non-hydrogen) atoms. The van der Waals surface area contributed by atoms with Crippen LogP contribution in [0.25, 0.3) is 0 Å². The Hall–Kier alpha value is -0.930. The molecule has 0 bridgehead atoms. The van der Waals surface area contributed by atoms with E-state index in [0.29, 0.717) is 10.0 Å². The van der Waals surface area contributed by atoms with Crippen LogP contribution < -0.4 is 11.1 Å². The number of amides is 2. The molecule has 1 saturated carbocycles. The smallest absolute Gasteiger partial charge is 0.312 e. The molecule has 0 aromatic heterocycles. The van der Waals surface area contributed by atoms with E-state index in [2.05, 4.69) is 5.32 Å². The van der Waals surface area contributed by atoms with Crippen molar-refractivity contribution < 1.29 is 4.79 Å². The van der Waals surface area contributed by atoms with Gasteiger partial charge in [-0.05, 0) is 30.5 Å². The molecule has 80 valence electrons. The molecule has 1 fully saturated rings. The van der Waals surface area contributed by atoms with E-state index >= 15 is 0 Å². The number of benzene rings is 1. The summed E-state index contributed by atoms with van der Waals surface area (Å²) in [5, 5.41) is 3.86. The van der Waals surface area contributed by atoms with Gasteiger partial charge in [-0.2, -0.15) is 0 Å². The van der Waals surface area contributed by atoms with Gasteiger partial charge in [0.2, 0.25) is 0 Å². The zero-order chi connectivity index (χ0) is 11.1. The Kier molecular flexibility index (Phi) is 2.52. The predicted molar refractivity (Wildman–Crippen MR) is 60.1 cm³/mol. The fourth-order valence-electron chi connectivity index (χ4n) is 1.70. The van der Waals surface area contributed by atoms with Crippen molar-refractivity contribution in [1.82, 2.24) is 5.32 Å². The third-order valence-corrected chi connectivity index (χ3v) is 3.11. The molecule has 0 unspecified atom stereocenters. The van der Waals surface area contributed by atoms with Crippen molar-refractivity contribution in [2.45, 2.75) is 18.4 Å². The Morgan fingerprint density at radius 3 is 2.53 bits per heavy atom. The second-order valence-corrected chi connectivity index (χ2v) is 4.54. The number of rotatable bonds is 2. The molecule has 1 aliphatic carbocycles. The largest absolute Gasteiger partial charge is 0.352 e. The van der Waals surface area contributed by atoms with Crippen LogP contribution >= 0.6 is 23.2 Å². The van der Waals surface area contributed by atoms with Gasteiger partial charge in [-0.1, -0.05) is 29.3 Å². The summed E-state index contributed by atoms with van der Waals surface area (Å²) in [6.45, 7) is 0. The fourth-order valence-corrected chi connectivity index (χ4v) is 2.29. The molecule has 0 heterocycles. The molecule has 1 aromatic rings. The van der Waals surface area contributed by atoms with Crippen molar-refractivity contribution in [3.8, 4) is 0 Å². The van der Waals surface area contributed by atoms with Crippen LogP contribution in [0, 0.1) is 0 Å². The second-order valence-electron chi connectivity index (χ2n) is 3.70. The summed E-state index contributed by atoms with van der Waals surface area (Å²) in [5.41, 5.74) is 5.63. The van der Waals surface area contributed by atoms with E-state index in [1.807, 2.05) is 6.07 Å². The Balaban J connectivity index is 2.33. The minimum absolute atomic E-state index is 0.368. The minimum atomic E-state index is -0.529. The van der Waals surface area contributed by atoms with E-state index in [9.17, 15) is 4.79 Å². The zero-order valence-electron chi connectivity index (χ0n) is 7.89. The van der Waals surface area contributed by atoms with Crippen molar-refractivity contribution in [3.63, 3.8) is 0 Å². The molecule has 0 saturated heterocycles. The van der Waals surface area contributed by atoms with Crippen LogP contribution in [-0.2, 0) is 5.54 Å². The Morgan fingerprint density at radius 2 is 2.07 bits per heavy atom. The Labute approximate surface area is 97.5 Å². The molecule has 3 N–H and O–H groups in total. The van der Waals surface area contributed by atoms with E-state index < -0.39 is 6.03 Å². The van der Waals surface area contributed by atoms with Gasteiger partial charge in [0.15, 0.2) is 0 Å². The maximum Gasteiger partial charge on any atom is 0.312 e. The fraction of sp³-hybridized carbons (Fsp3) is 0.300. The number of carbonyl (C=O) groups is 1. The summed E-state index contributed by atoms with van der Waals surface area (Å²) in [6, 6.07) is 4.72. The first-order chi connectivity index (χ1) is 7.03. The standard InChI is InChI=1S/C10H10Cl2N2O/c11-6-1-2-7(8(12)5-6)10(3-4-10)14-9(13)15/h1-2,5H,3-4H2,(H3,13,14,15). The lowest BCUT2D eigenvalue weighted by Crippen LogP contribution is -2.38. The highest BCUT2D eigenvalue weighted by Gasteiger charge is 2.46. The maximum absolute atomic E-state index is 10.8. The number of halogens is 2. The van der Waals surface area contributed by atoms with Crippen LogP contribution in [0.4, 0.5) is 4.79 Å². The van der Waals surface area contributed by atoms with Gasteiger partial charge in [0.05, 0.1) is 5.54 Å². The van der Waals surface area contributed by atoms with Crippen molar-refractivity contribution >= 4 is 29.2 Å². The first-order valence-electron chi connectivity index (χ1n) is 4.57. The lowest BCUT2D eigenvalue weighted by atomic mass is 10.1. The third-order valence-electron chi connectivity index (χ3n) is 2.56. The van der Waals surface area contributed by atoms with Gasteiger partial charge >= 0.3 is 6.03 Å². The topological polar surface area (TPSA) is 55.1 Å². The minimum Gasteiger partial charge on any atom is -0.352 e. The highest BCUT2D eigenvalue weighted by Crippen LogP contribution is 2.48. The van der Waals surface area contributed by atoms with Gasteiger partial charge in [0.25, 0.3) is 0 Å². The lowest BCUT2D eigenvalue weighted by Gasteiger charge is -2.17. The molecule has 0 radical (unpaired) electrons. The van der Waals surface area contributed by atoms with Crippen LogP contribution in [0.15, 0.2) is 18.2 Å². The molecule has 1 aromatic carbocycles. The molecule has 0 aliphatic heterocycles. The lowest BCUT2D eigenvalue weighted by molar-refractivity contribution is 0.244. The predicted octanol–water partition coefficient (Wildman–Crippen LogP) is 2.65. The van der Waals surface area contributed by atoms with Gasteiger partial charge in [0.1, 0.15) is 0 Å². The van der Waals surface area contributed by atoms with E-state index in [0.717, 1.165) is 18.4 Å². The number of hydrogen-bond donors (Lipinski definition) is 2. The summed E-state index contributed by atoms with van der Waals surface area (Å²) in [5.74, 6) is 0. The summed E-state index contributed by atoms with van der Waals surface area (Å²) >= 11 is 11.9. The van der Waals surface area contributed by atoms with Crippen LogP contribution in [0.5, 0.6) is 0 Å². The van der Waals surface area contributed by atoms with Gasteiger partial charge in [-0.15, -0.1) is 0 Å². The summed E-state index contributed by atoms with van der Waals surface area (Å²) in [6.07, 6.45) is 1.72. The summed E-state index contributed by atoms with van der Waals surface area (Å²) in [4.78, 5) is 10.8. The van der Waals surface area contributed by atoms with Gasteiger partial charge in [-0.25, -0.2) is 4.79 Å². The number of urea groups is 1. The quantitative estimate of drug-likeness (QED) is 0.826. The first kappa shape index (κ1) is 10.6. The van der Waals surface area contributed by atoms with E-state index in [-0.39, 0.29) is 5.54 Å². The third kappa shape index (κ3) is 2.03. The second kappa shape index (κ2) is 3.58. The van der Waals surface area contributed by atoms with Crippen molar-refractivity contribution in [3.05, 3.63) is 33.8 Å². The first-order valence-corrected chi connectivity index (χ1v) is 5.32. The highest BCUT2D eigenvalue weighted by molar-refractivity contribution is 6.35. The molecule has 3 nitrogen and oxygen atoms in total. The monoisotopic (exact) mass is 244 g/mol. The number of nitrogens with one attached hydrogen (secondary N) is 1. The summed E-state index contributed by atoms with van der Waals surface area (Å²) in [7, 11) is 0. The number of nitrogens with two attached hydrogens (primary N) is 1. The van der Waals surface area contributed by atoms with Gasteiger partial charge in [-0.3, -0.25) is 0 Å². The van der Waals surface area contributed by atoms with Crippen LogP contribution in [0.2, 0.25) is 10.0 Å². The molecular formula is C10H10Cl2N2O. The average molecular weight is 245 g/mol. The van der Waals surface area contributed by atoms with Crippen molar-refractivity contribution in [2.75, 3.05) is 0 Å². The zero-order valence-corrected chi connectivity index (χ0v) is 9.40. The molecule has 0 spiro atoms. The van der Waals surface area contributed by atoms with E-state index in [1.165, 1.54) is 0 Å². The van der Waals surface area contributed by atoms with Crippen molar-refractivity contribution in [2.24, 2.45) is 5.73 Å². The molecule has 2 rings (SSSR count). The van der Waals surface area contributed by atoms with Crippen molar-refractivity contribution in [1.29, 1.82) is 0 Å². The van der Waals surface area contributed by atoms with Crippen LogP contribution in [-0.4, -0.2) is 6.03 Å². The van der Waals surface area contributed by atoms with Crippen LogP contribution in [0.1, 0.15) is 18.4 Å². The molecule has 2 amide bonds. The Morgan fingerprint density at radius 1 is 1.40 bits per heavy atom. The number of hydrogen-bond acceptors (Lipinski definition) is 1. The van der Waals surface area contributed by atoms with Gasteiger partial charge < -0.3 is 11.1 Å². The van der Waals surface area contributed by atoms with Gasteiger partial charge in [0, 0.05) is 10.0 Å². The molecule has 5 heteroatoms. The maximum atomic E-state index is 10.8. The summed E-state index contributed by atoms with van der Waals surface area (Å²) < 4.78 is 0. The van der Waals surface area contributed by atoms with E-state index in [4.69, 9.17) is 28.9 Å². The normalized spacial score (nSPS) is 17.2. The molecular weight excluding hydrogens is 235 g/mol. The highest BCUT2D eigenvalue weighted by atomic mass is 35.5. The average Bonchev–Trinajstić information content (AvgIpc) is 2.83. The Bertz CT molecular complexity index is 416. The number of carbonyl (C=O) groups excluding carboxylic acids is 1.